The molecule has 1 saturated heterocycles. The van der Waals surface area contributed by atoms with Crippen molar-refractivity contribution in [3.05, 3.63) is 0 Å². The molecule has 2 fully saturated rings. The number of nitrogens with zero attached hydrogens (tertiary/aromatic N) is 1. The molecule has 1 N–H and O–H groups in total. The third-order valence-electron chi connectivity index (χ3n) is 4.60. The highest BCUT2D eigenvalue weighted by Gasteiger charge is 2.40. The van der Waals surface area contributed by atoms with Gasteiger partial charge < -0.3 is 5.11 Å². The lowest BCUT2D eigenvalue weighted by Crippen LogP contribution is -2.50. The Hall–Kier alpha value is -0.570. The van der Waals surface area contributed by atoms with E-state index in [-0.39, 0.29) is 5.92 Å². The maximum atomic E-state index is 11.1. The average molecular weight is 239 g/mol. The van der Waals surface area contributed by atoms with Crippen molar-refractivity contribution in [3.63, 3.8) is 0 Å². The summed E-state index contributed by atoms with van der Waals surface area (Å²) in [5, 5.41) is 9.11. The molecule has 3 unspecified atom stereocenters. The zero-order valence-corrected chi connectivity index (χ0v) is 10.9. The van der Waals surface area contributed by atoms with Crippen molar-refractivity contribution in [1.29, 1.82) is 0 Å². The van der Waals surface area contributed by atoms with Crippen LogP contribution in [0.1, 0.15) is 51.9 Å². The first-order valence-electron chi connectivity index (χ1n) is 7.19. The number of likely N-dealkylation sites (tertiary alicyclic amines) is 1. The fourth-order valence-electron chi connectivity index (χ4n) is 3.42. The van der Waals surface area contributed by atoms with E-state index < -0.39 is 5.97 Å². The van der Waals surface area contributed by atoms with Gasteiger partial charge in [-0.3, -0.25) is 9.69 Å². The van der Waals surface area contributed by atoms with Crippen molar-refractivity contribution in [2.24, 2.45) is 11.8 Å². The maximum Gasteiger partial charge on any atom is 0.308 e. The lowest BCUT2D eigenvalue weighted by molar-refractivity contribution is -0.148. The monoisotopic (exact) mass is 239 g/mol. The van der Waals surface area contributed by atoms with Crippen LogP contribution in [0.4, 0.5) is 0 Å². The van der Waals surface area contributed by atoms with Gasteiger partial charge >= 0.3 is 5.97 Å². The van der Waals surface area contributed by atoms with Crippen LogP contribution in [0.5, 0.6) is 0 Å². The lowest BCUT2D eigenvalue weighted by atomic mass is 9.78. The molecule has 3 heteroatoms. The molecule has 0 spiro atoms. The lowest BCUT2D eigenvalue weighted by Gasteiger charge is -2.42. The molecule has 1 aliphatic heterocycles. The number of aliphatic carboxylic acids is 1. The second kappa shape index (κ2) is 5.85. The van der Waals surface area contributed by atoms with Crippen LogP contribution in [0.25, 0.3) is 0 Å². The Labute approximate surface area is 104 Å². The Kier molecular flexibility index (Phi) is 4.43. The molecular formula is C14H25NO2. The largest absolute Gasteiger partial charge is 0.481 e. The molecule has 3 nitrogen and oxygen atoms in total. The number of carboxylic acids is 1. The number of carbonyl (C=O) groups is 1. The molecule has 0 amide bonds. The summed E-state index contributed by atoms with van der Waals surface area (Å²) < 4.78 is 0. The van der Waals surface area contributed by atoms with Gasteiger partial charge in [-0.15, -0.1) is 0 Å². The fraction of sp³-hybridized carbons (Fsp3) is 0.929. The minimum absolute atomic E-state index is 0.0854. The molecule has 0 aromatic rings. The summed E-state index contributed by atoms with van der Waals surface area (Å²) in [5.74, 6) is 0.210. The highest BCUT2D eigenvalue weighted by molar-refractivity contribution is 5.72. The molecule has 2 rings (SSSR count). The van der Waals surface area contributed by atoms with Gasteiger partial charge in [-0.1, -0.05) is 19.8 Å². The number of carboxylic acid groups (broad SMARTS) is 1. The Bertz CT molecular complexity index is 267. The highest BCUT2D eigenvalue weighted by Crippen LogP contribution is 2.34. The summed E-state index contributed by atoms with van der Waals surface area (Å²) in [4.78, 5) is 13.5. The zero-order valence-electron chi connectivity index (χ0n) is 10.9. The summed E-state index contributed by atoms with van der Waals surface area (Å²) in [5.41, 5.74) is 0. The Morgan fingerprint density at radius 1 is 1.24 bits per heavy atom. The van der Waals surface area contributed by atoms with E-state index >= 15 is 0 Å². The van der Waals surface area contributed by atoms with Gasteiger partial charge in [0, 0.05) is 6.04 Å². The fourth-order valence-corrected chi connectivity index (χ4v) is 3.42. The van der Waals surface area contributed by atoms with Gasteiger partial charge in [0.25, 0.3) is 0 Å². The topological polar surface area (TPSA) is 40.5 Å². The second-order valence-corrected chi connectivity index (χ2v) is 5.71. The number of hydrogen-bond acceptors (Lipinski definition) is 2. The highest BCUT2D eigenvalue weighted by atomic mass is 16.4. The quantitative estimate of drug-likeness (QED) is 0.820. The molecule has 17 heavy (non-hydrogen) atoms. The summed E-state index contributed by atoms with van der Waals surface area (Å²) in [6, 6.07) is 0.341. The van der Waals surface area contributed by atoms with Crippen molar-refractivity contribution in [2.75, 3.05) is 13.1 Å². The average Bonchev–Trinajstić information content (AvgIpc) is 2.42. The van der Waals surface area contributed by atoms with Crippen molar-refractivity contribution < 1.29 is 9.90 Å². The van der Waals surface area contributed by atoms with Gasteiger partial charge in [-0.25, -0.2) is 0 Å². The zero-order chi connectivity index (χ0) is 12.3. The predicted molar refractivity (Wildman–Crippen MR) is 68.0 cm³/mol. The molecule has 2 aliphatic rings. The minimum atomic E-state index is -0.587. The van der Waals surface area contributed by atoms with Crippen LogP contribution in [-0.4, -0.2) is 35.1 Å². The van der Waals surface area contributed by atoms with Crippen molar-refractivity contribution >= 4 is 5.97 Å². The van der Waals surface area contributed by atoms with Gasteiger partial charge in [0.2, 0.25) is 0 Å². The van der Waals surface area contributed by atoms with Crippen LogP contribution in [0.2, 0.25) is 0 Å². The van der Waals surface area contributed by atoms with Gasteiger partial charge in [0.05, 0.1) is 5.92 Å². The van der Waals surface area contributed by atoms with E-state index in [2.05, 4.69) is 11.8 Å². The van der Waals surface area contributed by atoms with E-state index in [1.807, 2.05) is 0 Å². The smallest absolute Gasteiger partial charge is 0.308 e. The van der Waals surface area contributed by atoms with Crippen LogP contribution in [0.3, 0.4) is 0 Å². The minimum Gasteiger partial charge on any atom is -0.481 e. The van der Waals surface area contributed by atoms with E-state index in [0.717, 1.165) is 31.8 Å². The third-order valence-corrected chi connectivity index (χ3v) is 4.60. The summed E-state index contributed by atoms with van der Waals surface area (Å²) >= 11 is 0. The van der Waals surface area contributed by atoms with Gasteiger partial charge in [0.15, 0.2) is 0 Å². The van der Waals surface area contributed by atoms with Crippen LogP contribution in [0.15, 0.2) is 0 Å². The molecule has 3 atom stereocenters. The SMILES string of the molecule is CCCC1CCCN(C2CCC2C(=O)O)CC1. The van der Waals surface area contributed by atoms with E-state index in [9.17, 15) is 4.79 Å². The second-order valence-electron chi connectivity index (χ2n) is 5.71. The van der Waals surface area contributed by atoms with Gasteiger partial charge in [-0.05, 0) is 51.1 Å². The van der Waals surface area contributed by atoms with E-state index in [4.69, 9.17) is 5.11 Å². The summed E-state index contributed by atoms with van der Waals surface area (Å²) in [6.45, 7) is 4.50. The molecule has 0 bridgehead atoms. The van der Waals surface area contributed by atoms with Crippen LogP contribution in [0, 0.1) is 11.8 Å². The molecule has 0 aromatic heterocycles. The molecule has 0 aromatic carbocycles. The predicted octanol–water partition coefficient (Wildman–Crippen LogP) is 2.75. The maximum absolute atomic E-state index is 11.1. The van der Waals surface area contributed by atoms with E-state index in [0.29, 0.717) is 6.04 Å². The molecule has 1 heterocycles. The van der Waals surface area contributed by atoms with Crippen molar-refractivity contribution in [3.8, 4) is 0 Å². The molecule has 1 aliphatic carbocycles. The first-order chi connectivity index (χ1) is 8.22. The number of hydrogen-bond donors (Lipinski definition) is 1. The third kappa shape index (κ3) is 3.01. The Balaban J connectivity index is 1.84. The molecule has 98 valence electrons. The van der Waals surface area contributed by atoms with Gasteiger partial charge in [-0.2, -0.15) is 0 Å². The van der Waals surface area contributed by atoms with Crippen LogP contribution < -0.4 is 0 Å². The molecular weight excluding hydrogens is 214 g/mol. The Morgan fingerprint density at radius 3 is 2.65 bits per heavy atom. The van der Waals surface area contributed by atoms with Crippen molar-refractivity contribution in [1.82, 2.24) is 4.90 Å². The first-order valence-corrected chi connectivity index (χ1v) is 7.19. The molecule has 1 saturated carbocycles. The van der Waals surface area contributed by atoms with Crippen LogP contribution in [-0.2, 0) is 4.79 Å². The standard InChI is InChI=1S/C14H25NO2/c1-2-4-11-5-3-9-15(10-8-11)13-7-6-12(13)14(16)17/h11-13H,2-10H2,1H3,(H,16,17). The van der Waals surface area contributed by atoms with Gasteiger partial charge in [0.1, 0.15) is 0 Å². The normalized spacial score (nSPS) is 35.0. The van der Waals surface area contributed by atoms with Crippen LogP contribution >= 0.6 is 0 Å². The molecule has 0 radical (unpaired) electrons. The number of rotatable bonds is 4. The van der Waals surface area contributed by atoms with Crippen molar-refractivity contribution in [2.45, 2.75) is 57.9 Å². The summed E-state index contributed by atoms with van der Waals surface area (Å²) in [6.07, 6.45) is 8.48. The summed E-state index contributed by atoms with van der Waals surface area (Å²) in [7, 11) is 0. The Morgan fingerprint density at radius 2 is 2.06 bits per heavy atom. The van der Waals surface area contributed by atoms with E-state index in [1.165, 1.54) is 32.1 Å². The first kappa shape index (κ1) is 12.9. The van der Waals surface area contributed by atoms with E-state index in [1.54, 1.807) is 0 Å².